The monoisotopic (exact) mass is 208 g/mol. The molecule has 0 spiro atoms. The molecule has 1 aromatic rings. The first-order valence-corrected chi connectivity index (χ1v) is 5.81. The average molecular weight is 209 g/mol. The van der Waals surface area contributed by atoms with Crippen molar-refractivity contribution in [2.75, 3.05) is 0 Å². The lowest BCUT2D eigenvalue weighted by Gasteiger charge is -2.12. The van der Waals surface area contributed by atoms with Crippen LogP contribution in [-0.2, 0) is 0 Å². The highest BCUT2D eigenvalue weighted by Crippen LogP contribution is 2.41. The number of alkyl halides is 1. The number of halogens is 1. The maximum atomic E-state index is 6.40. The second-order valence-electron chi connectivity index (χ2n) is 4.51. The van der Waals surface area contributed by atoms with Gasteiger partial charge in [0, 0.05) is 0 Å². The molecule has 0 aromatic heterocycles. The minimum Gasteiger partial charge on any atom is -0.118 e. The standard InChI is InChI=1S/C13H17Cl/c1-9-3-6-12(10(2)7-9)13(14)8-11-4-5-11/h3,6-7,11,13H,4-5,8H2,1-2H3. The molecule has 0 saturated heterocycles. The van der Waals surface area contributed by atoms with Crippen molar-refractivity contribution in [3.05, 3.63) is 34.9 Å². The van der Waals surface area contributed by atoms with E-state index >= 15 is 0 Å². The summed E-state index contributed by atoms with van der Waals surface area (Å²) in [4.78, 5) is 0. The zero-order chi connectivity index (χ0) is 10.1. The Bertz CT molecular complexity index is 326. The van der Waals surface area contributed by atoms with Crippen molar-refractivity contribution in [1.29, 1.82) is 0 Å². The molecule has 2 rings (SSSR count). The number of hydrogen-bond acceptors (Lipinski definition) is 0. The van der Waals surface area contributed by atoms with Crippen LogP contribution in [0.4, 0.5) is 0 Å². The molecule has 1 saturated carbocycles. The Morgan fingerprint density at radius 2 is 2.07 bits per heavy atom. The molecule has 1 fully saturated rings. The maximum Gasteiger partial charge on any atom is 0.0590 e. The topological polar surface area (TPSA) is 0 Å². The summed E-state index contributed by atoms with van der Waals surface area (Å²) in [6.07, 6.45) is 3.92. The third-order valence-corrected chi connectivity index (χ3v) is 3.41. The van der Waals surface area contributed by atoms with Crippen LogP contribution < -0.4 is 0 Å². The zero-order valence-electron chi connectivity index (χ0n) is 8.89. The molecule has 0 radical (unpaired) electrons. The summed E-state index contributed by atoms with van der Waals surface area (Å²) < 4.78 is 0. The molecule has 0 nitrogen and oxygen atoms in total. The van der Waals surface area contributed by atoms with Crippen LogP contribution in [-0.4, -0.2) is 0 Å². The predicted octanol–water partition coefficient (Wildman–Crippen LogP) is 4.38. The summed E-state index contributed by atoms with van der Waals surface area (Å²) in [5, 5.41) is 0.225. The van der Waals surface area contributed by atoms with Crippen LogP contribution >= 0.6 is 11.6 Å². The summed E-state index contributed by atoms with van der Waals surface area (Å²) in [7, 11) is 0. The van der Waals surface area contributed by atoms with Gasteiger partial charge in [-0.1, -0.05) is 36.6 Å². The van der Waals surface area contributed by atoms with E-state index < -0.39 is 0 Å². The van der Waals surface area contributed by atoms with Crippen molar-refractivity contribution < 1.29 is 0 Å². The summed E-state index contributed by atoms with van der Waals surface area (Å²) in [6.45, 7) is 4.28. The molecule has 0 amide bonds. The van der Waals surface area contributed by atoms with E-state index in [0.29, 0.717) is 0 Å². The van der Waals surface area contributed by atoms with Crippen LogP contribution in [0.15, 0.2) is 18.2 Å². The van der Waals surface area contributed by atoms with E-state index in [9.17, 15) is 0 Å². The zero-order valence-corrected chi connectivity index (χ0v) is 9.64. The van der Waals surface area contributed by atoms with Crippen LogP contribution in [0.1, 0.15) is 41.3 Å². The Morgan fingerprint density at radius 3 is 2.64 bits per heavy atom. The van der Waals surface area contributed by atoms with E-state index in [0.717, 1.165) is 12.3 Å². The van der Waals surface area contributed by atoms with Gasteiger partial charge in [-0.05, 0) is 37.3 Å². The van der Waals surface area contributed by atoms with E-state index in [1.54, 1.807) is 0 Å². The van der Waals surface area contributed by atoms with Crippen molar-refractivity contribution >= 4 is 11.6 Å². The molecule has 14 heavy (non-hydrogen) atoms. The van der Waals surface area contributed by atoms with E-state index in [2.05, 4.69) is 32.0 Å². The number of aryl methyl sites for hydroxylation is 2. The molecule has 0 aliphatic heterocycles. The fourth-order valence-electron chi connectivity index (χ4n) is 1.95. The van der Waals surface area contributed by atoms with Gasteiger partial charge in [0.2, 0.25) is 0 Å². The number of benzene rings is 1. The molecule has 1 aliphatic rings. The highest BCUT2D eigenvalue weighted by atomic mass is 35.5. The molecule has 0 bridgehead atoms. The second kappa shape index (κ2) is 3.94. The smallest absolute Gasteiger partial charge is 0.0590 e. The normalized spacial score (nSPS) is 18.2. The van der Waals surface area contributed by atoms with Crippen molar-refractivity contribution in [2.45, 2.75) is 38.5 Å². The Labute approximate surface area is 91.3 Å². The van der Waals surface area contributed by atoms with E-state index in [1.807, 2.05) is 0 Å². The molecule has 1 aliphatic carbocycles. The molecule has 1 heteroatoms. The van der Waals surface area contributed by atoms with Crippen LogP contribution in [0, 0.1) is 19.8 Å². The second-order valence-corrected chi connectivity index (χ2v) is 5.03. The van der Waals surface area contributed by atoms with Gasteiger partial charge in [-0.2, -0.15) is 0 Å². The van der Waals surface area contributed by atoms with Gasteiger partial charge in [0.25, 0.3) is 0 Å². The Morgan fingerprint density at radius 1 is 1.36 bits per heavy atom. The van der Waals surface area contributed by atoms with Gasteiger partial charge in [-0.3, -0.25) is 0 Å². The fraction of sp³-hybridized carbons (Fsp3) is 0.538. The Hall–Kier alpha value is -0.490. The quantitative estimate of drug-likeness (QED) is 0.647. The van der Waals surface area contributed by atoms with Crippen molar-refractivity contribution in [1.82, 2.24) is 0 Å². The van der Waals surface area contributed by atoms with Crippen molar-refractivity contribution in [3.63, 3.8) is 0 Å². The van der Waals surface area contributed by atoms with Gasteiger partial charge in [-0.15, -0.1) is 11.6 Å². The Balaban J connectivity index is 2.13. The highest BCUT2D eigenvalue weighted by molar-refractivity contribution is 6.20. The van der Waals surface area contributed by atoms with Crippen molar-refractivity contribution in [3.8, 4) is 0 Å². The minimum absolute atomic E-state index is 0.225. The first-order chi connectivity index (χ1) is 6.66. The molecule has 0 heterocycles. The third-order valence-electron chi connectivity index (χ3n) is 3.00. The lowest BCUT2D eigenvalue weighted by atomic mass is 10.00. The molecule has 0 N–H and O–H groups in total. The molecule has 1 unspecified atom stereocenters. The maximum absolute atomic E-state index is 6.40. The molecule has 1 atom stereocenters. The Kier molecular flexibility index (Phi) is 2.83. The molecular formula is C13H17Cl. The summed E-state index contributed by atoms with van der Waals surface area (Å²) >= 11 is 6.40. The van der Waals surface area contributed by atoms with Gasteiger partial charge < -0.3 is 0 Å². The SMILES string of the molecule is Cc1ccc(C(Cl)CC2CC2)c(C)c1. The minimum atomic E-state index is 0.225. The van der Waals surface area contributed by atoms with Crippen LogP contribution in [0.2, 0.25) is 0 Å². The van der Waals surface area contributed by atoms with Crippen LogP contribution in [0.3, 0.4) is 0 Å². The largest absolute Gasteiger partial charge is 0.118 e. The van der Waals surface area contributed by atoms with Gasteiger partial charge in [0.15, 0.2) is 0 Å². The predicted molar refractivity (Wildman–Crippen MR) is 61.9 cm³/mol. The molecular weight excluding hydrogens is 192 g/mol. The van der Waals surface area contributed by atoms with Gasteiger partial charge in [0.05, 0.1) is 5.38 Å². The van der Waals surface area contributed by atoms with Gasteiger partial charge >= 0.3 is 0 Å². The average Bonchev–Trinajstić information content (AvgIpc) is 2.87. The summed E-state index contributed by atoms with van der Waals surface area (Å²) in [5.41, 5.74) is 3.98. The highest BCUT2D eigenvalue weighted by Gasteiger charge is 2.25. The number of hydrogen-bond donors (Lipinski definition) is 0. The lowest BCUT2D eigenvalue weighted by Crippen LogP contribution is -1.95. The molecule has 1 aromatic carbocycles. The van der Waals surface area contributed by atoms with E-state index in [1.165, 1.54) is 29.5 Å². The summed E-state index contributed by atoms with van der Waals surface area (Å²) in [5.74, 6) is 0.901. The third kappa shape index (κ3) is 2.30. The van der Waals surface area contributed by atoms with Crippen LogP contribution in [0.25, 0.3) is 0 Å². The first kappa shape index (κ1) is 10.0. The fourth-order valence-corrected chi connectivity index (χ4v) is 2.45. The molecule has 76 valence electrons. The lowest BCUT2D eigenvalue weighted by molar-refractivity contribution is 0.703. The van der Waals surface area contributed by atoms with E-state index in [-0.39, 0.29) is 5.38 Å². The first-order valence-electron chi connectivity index (χ1n) is 5.38. The van der Waals surface area contributed by atoms with Crippen LogP contribution in [0.5, 0.6) is 0 Å². The van der Waals surface area contributed by atoms with E-state index in [4.69, 9.17) is 11.6 Å². The summed E-state index contributed by atoms with van der Waals surface area (Å²) in [6, 6.07) is 6.56. The number of rotatable bonds is 3. The van der Waals surface area contributed by atoms with Gasteiger partial charge in [-0.25, -0.2) is 0 Å². The van der Waals surface area contributed by atoms with Crippen molar-refractivity contribution in [2.24, 2.45) is 5.92 Å². The van der Waals surface area contributed by atoms with Gasteiger partial charge in [0.1, 0.15) is 0 Å².